The van der Waals surface area contributed by atoms with Crippen LogP contribution in [0, 0.1) is 17.2 Å². The summed E-state index contributed by atoms with van der Waals surface area (Å²) in [6, 6.07) is 4.15. The van der Waals surface area contributed by atoms with Gasteiger partial charge >= 0.3 is 0 Å². The van der Waals surface area contributed by atoms with Crippen molar-refractivity contribution in [1.82, 2.24) is 14.8 Å². The highest BCUT2D eigenvalue weighted by atomic mass is 15.1. The molecule has 2 rings (SSSR count). The van der Waals surface area contributed by atoms with E-state index in [1.165, 1.54) is 31.5 Å². The molecule has 98 valence electrons. The quantitative estimate of drug-likeness (QED) is 0.871. The van der Waals surface area contributed by atoms with E-state index in [-0.39, 0.29) is 0 Å². The summed E-state index contributed by atoms with van der Waals surface area (Å²) in [4.78, 5) is 2.40. The summed E-state index contributed by atoms with van der Waals surface area (Å²) < 4.78 is 1.88. The second-order valence-corrected chi connectivity index (χ2v) is 5.33. The first-order valence-corrected chi connectivity index (χ1v) is 6.63. The lowest BCUT2D eigenvalue weighted by atomic mass is 9.97. The van der Waals surface area contributed by atoms with Gasteiger partial charge in [0, 0.05) is 19.8 Å². The van der Waals surface area contributed by atoms with E-state index in [0.29, 0.717) is 0 Å². The first-order valence-electron chi connectivity index (χ1n) is 6.63. The van der Waals surface area contributed by atoms with E-state index in [1.54, 1.807) is 0 Å². The van der Waals surface area contributed by atoms with Crippen molar-refractivity contribution in [3.05, 3.63) is 23.5 Å². The molecule has 4 heteroatoms. The van der Waals surface area contributed by atoms with Crippen molar-refractivity contribution >= 4 is 0 Å². The zero-order valence-electron chi connectivity index (χ0n) is 11.3. The molecule has 2 heterocycles. The van der Waals surface area contributed by atoms with Gasteiger partial charge in [0.15, 0.2) is 0 Å². The van der Waals surface area contributed by atoms with Crippen molar-refractivity contribution in [2.24, 2.45) is 13.0 Å². The van der Waals surface area contributed by atoms with E-state index in [2.05, 4.69) is 23.3 Å². The molecule has 1 aliphatic rings. The second kappa shape index (κ2) is 6.03. The minimum atomic E-state index is 0.728. The summed E-state index contributed by atoms with van der Waals surface area (Å²) in [6.45, 7) is 4.39. The number of aromatic nitrogens is 1. The molecule has 1 aromatic rings. The number of nitrogens with zero attached hydrogens (tertiary/aromatic N) is 3. The number of hydrogen-bond donors (Lipinski definition) is 1. The van der Waals surface area contributed by atoms with E-state index >= 15 is 0 Å². The molecule has 1 aromatic heterocycles. The van der Waals surface area contributed by atoms with Crippen molar-refractivity contribution in [3.8, 4) is 6.07 Å². The van der Waals surface area contributed by atoms with Gasteiger partial charge in [-0.2, -0.15) is 5.26 Å². The molecule has 1 aliphatic heterocycles. The lowest BCUT2D eigenvalue weighted by molar-refractivity contribution is 0.216. The maximum Gasteiger partial charge on any atom is 0.120 e. The van der Waals surface area contributed by atoms with Crippen LogP contribution >= 0.6 is 0 Å². The molecule has 1 N–H and O–H groups in total. The smallest absolute Gasteiger partial charge is 0.120 e. The standard InChI is InChI=1S/C14H22N4/c1-17-5-3-12(4-6-17)9-16-10-13-7-14(8-15)18(2)11-13/h7,11-12,16H,3-6,9-10H2,1-2H3. The molecule has 0 amide bonds. The number of hydrogen-bond acceptors (Lipinski definition) is 3. The van der Waals surface area contributed by atoms with Crippen LogP contribution in [0.4, 0.5) is 0 Å². The average Bonchev–Trinajstić information content (AvgIpc) is 2.72. The summed E-state index contributed by atoms with van der Waals surface area (Å²) in [6.07, 6.45) is 4.61. The van der Waals surface area contributed by atoms with E-state index < -0.39 is 0 Å². The molecule has 0 spiro atoms. The molecule has 0 aliphatic carbocycles. The van der Waals surface area contributed by atoms with Gasteiger partial charge in [-0.15, -0.1) is 0 Å². The Morgan fingerprint density at radius 3 is 2.72 bits per heavy atom. The maximum atomic E-state index is 8.89. The molecule has 0 bridgehead atoms. The van der Waals surface area contributed by atoms with Crippen molar-refractivity contribution in [3.63, 3.8) is 0 Å². The zero-order chi connectivity index (χ0) is 13.0. The predicted molar refractivity (Wildman–Crippen MR) is 72.1 cm³/mol. The maximum absolute atomic E-state index is 8.89. The van der Waals surface area contributed by atoms with Crippen LogP contribution in [0.1, 0.15) is 24.1 Å². The first-order chi connectivity index (χ1) is 8.69. The topological polar surface area (TPSA) is 44.0 Å². The summed E-state index contributed by atoms with van der Waals surface area (Å²) >= 11 is 0. The largest absolute Gasteiger partial charge is 0.342 e. The molecule has 4 nitrogen and oxygen atoms in total. The lowest BCUT2D eigenvalue weighted by Crippen LogP contribution is -2.34. The van der Waals surface area contributed by atoms with Crippen LogP contribution in [-0.4, -0.2) is 36.1 Å². The normalized spacial score (nSPS) is 17.8. The average molecular weight is 246 g/mol. The van der Waals surface area contributed by atoms with Gasteiger partial charge in [0.1, 0.15) is 11.8 Å². The molecular weight excluding hydrogens is 224 g/mol. The Bertz CT molecular complexity index is 421. The summed E-state index contributed by atoms with van der Waals surface area (Å²) in [5.74, 6) is 0.806. The van der Waals surface area contributed by atoms with E-state index in [9.17, 15) is 0 Å². The van der Waals surface area contributed by atoms with Crippen LogP contribution in [0.25, 0.3) is 0 Å². The van der Waals surface area contributed by atoms with E-state index in [0.717, 1.165) is 24.7 Å². The highest BCUT2D eigenvalue weighted by Crippen LogP contribution is 2.15. The van der Waals surface area contributed by atoms with Crippen molar-refractivity contribution in [2.45, 2.75) is 19.4 Å². The van der Waals surface area contributed by atoms with E-state index in [1.807, 2.05) is 23.9 Å². The van der Waals surface area contributed by atoms with Gasteiger partial charge in [0.05, 0.1) is 0 Å². The lowest BCUT2D eigenvalue weighted by Gasteiger charge is -2.29. The molecule has 0 unspecified atom stereocenters. The molecule has 0 aromatic carbocycles. The number of nitriles is 1. The van der Waals surface area contributed by atoms with Gasteiger partial charge < -0.3 is 14.8 Å². The van der Waals surface area contributed by atoms with Crippen LogP contribution in [0.5, 0.6) is 0 Å². The zero-order valence-corrected chi connectivity index (χ0v) is 11.3. The molecule has 1 saturated heterocycles. The number of aryl methyl sites for hydroxylation is 1. The van der Waals surface area contributed by atoms with Crippen LogP contribution < -0.4 is 5.32 Å². The first kappa shape index (κ1) is 13.1. The third-order valence-corrected chi connectivity index (χ3v) is 3.78. The molecule has 0 saturated carbocycles. The summed E-state index contributed by atoms with van der Waals surface area (Å²) in [5, 5.41) is 12.4. The summed E-state index contributed by atoms with van der Waals surface area (Å²) in [5.41, 5.74) is 1.92. The molecule has 18 heavy (non-hydrogen) atoms. The highest BCUT2D eigenvalue weighted by Gasteiger charge is 2.15. The van der Waals surface area contributed by atoms with Gasteiger partial charge in [-0.1, -0.05) is 0 Å². The number of likely N-dealkylation sites (tertiary alicyclic amines) is 1. The Kier molecular flexibility index (Phi) is 4.40. The van der Waals surface area contributed by atoms with Crippen LogP contribution in [0.15, 0.2) is 12.3 Å². The highest BCUT2D eigenvalue weighted by molar-refractivity contribution is 5.28. The number of nitrogens with one attached hydrogen (secondary N) is 1. The Balaban J connectivity index is 1.73. The minimum Gasteiger partial charge on any atom is -0.342 e. The predicted octanol–water partition coefficient (Wildman–Crippen LogP) is 1.33. The van der Waals surface area contributed by atoms with Gasteiger partial charge in [-0.3, -0.25) is 0 Å². The third kappa shape index (κ3) is 3.34. The Morgan fingerprint density at radius 1 is 1.39 bits per heavy atom. The number of rotatable bonds is 4. The molecular formula is C14H22N4. The minimum absolute atomic E-state index is 0.728. The van der Waals surface area contributed by atoms with Crippen molar-refractivity contribution < 1.29 is 0 Å². The van der Waals surface area contributed by atoms with Crippen molar-refractivity contribution in [2.75, 3.05) is 26.7 Å². The fourth-order valence-electron chi connectivity index (χ4n) is 2.53. The third-order valence-electron chi connectivity index (χ3n) is 3.78. The Morgan fingerprint density at radius 2 is 2.11 bits per heavy atom. The Labute approximate surface area is 109 Å². The van der Waals surface area contributed by atoms with E-state index in [4.69, 9.17) is 5.26 Å². The fourth-order valence-corrected chi connectivity index (χ4v) is 2.53. The summed E-state index contributed by atoms with van der Waals surface area (Å²) in [7, 11) is 4.11. The van der Waals surface area contributed by atoms with Gasteiger partial charge in [-0.25, -0.2) is 0 Å². The van der Waals surface area contributed by atoms with Crippen LogP contribution in [0.2, 0.25) is 0 Å². The monoisotopic (exact) mass is 246 g/mol. The van der Waals surface area contributed by atoms with Gasteiger partial charge in [0.25, 0.3) is 0 Å². The van der Waals surface area contributed by atoms with Gasteiger partial charge in [0.2, 0.25) is 0 Å². The molecule has 0 radical (unpaired) electrons. The van der Waals surface area contributed by atoms with Crippen molar-refractivity contribution in [1.29, 1.82) is 5.26 Å². The number of piperidine rings is 1. The van der Waals surface area contributed by atoms with Gasteiger partial charge in [-0.05, 0) is 57.1 Å². The fraction of sp³-hybridized carbons (Fsp3) is 0.643. The second-order valence-electron chi connectivity index (χ2n) is 5.33. The van der Waals surface area contributed by atoms with Crippen LogP contribution in [0.3, 0.4) is 0 Å². The Hall–Kier alpha value is -1.31. The SMILES string of the molecule is CN1CCC(CNCc2cc(C#N)n(C)c2)CC1. The molecule has 0 atom stereocenters. The molecule has 1 fully saturated rings. The van der Waals surface area contributed by atoms with Crippen LogP contribution in [-0.2, 0) is 13.6 Å².